The van der Waals surface area contributed by atoms with Gasteiger partial charge in [0.15, 0.2) is 0 Å². The van der Waals surface area contributed by atoms with E-state index < -0.39 is 0 Å². The fourth-order valence-corrected chi connectivity index (χ4v) is 3.24. The molecule has 0 unspecified atom stereocenters. The number of rotatable bonds is 4. The molecule has 0 atom stereocenters. The lowest BCUT2D eigenvalue weighted by Crippen LogP contribution is -2.25. The predicted octanol–water partition coefficient (Wildman–Crippen LogP) is 3.31. The van der Waals surface area contributed by atoms with Gasteiger partial charge in [-0.2, -0.15) is 15.2 Å². The summed E-state index contributed by atoms with van der Waals surface area (Å²) in [4.78, 5) is 17.2. The summed E-state index contributed by atoms with van der Waals surface area (Å²) >= 11 is 6.24. The van der Waals surface area contributed by atoms with E-state index >= 15 is 0 Å². The van der Waals surface area contributed by atoms with Crippen molar-refractivity contribution in [1.29, 1.82) is 0 Å². The average molecular weight is 405 g/mol. The van der Waals surface area contributed by atoms with Gasteiger partial charge in [-0.15, -0.1) is 0 Å². The number of hydrogen-bond acceptors (Lipinski definition) is 6. The van der Waals surface area contributed by atoms with Gasteiger partial charge >= 0.3 is 0 Å². The lowest BCUT2D eigenvalue weighted by Gasteiger charge is -2.00. The van der Waals surface area contributed by atoms with E-state index in [1.165, 1.54) is 15.5 Å². The van der Waals surface area contributed by atoms with E-state index in [0.717, 1.165) is 11.1 Å². The molecule has 142 valence electrons. The van der Waals surface area contributed by atoms with Gasteiger partial charge in [0.2, 0.25) is 11.7 Å². The second kappa shape index (κ2) is 6.99. The Balaban J connectivity index is 1.49. The number of fused-ring (bicyclic) bond motifs is 1. The van der Waals surface area contributed by atoms with Crippen molar-refractivity contribution in [2.45, 2.75) is 6.54 Å². The van der Waals surface area contributed by atoms with E-state index in [-0.39, 0.29) is 18.0 Å². The third-order valence-corrected chi connectivity index (χ3v) is 4.75. The molecular formula is C20H13ClN6O2. The summed E-state index contributed by atoms with van der Waals surface area (Å²) in [5, 5.41) is 13.1. The van der Waals surface area contributed by atoms with E-state index in [2.05, 4.69) is 20.3 Å². The second-order valence-electron chi connectivity index (χ2n) is 6.31. The number of nitrogens with zero attached hydrogens (tertiary/aromatic N) is 6. The van der Waals surface area contributed by atoms with E-state index in [0.29, 0.717) is 22.1 Å². The molecule has 0 aliphatic rings. The summed E-state index contributed by atoms with van der Waals surface area (Å²) in [6.07, 6.45) is 1.46. The maximum Gasteiger partial charge on any atom is 0.293 e. The van der Waals surface area contributed by atoms with Crippen molar-refractivity contribution in [2.24, 2.45) is 0 Å². The summed E-state index contributed by atoms with van der Waals surface area (Å²) < 4.78 is 7.97. The molecular weight excluding hydrogens is 392 g/mol. The largest absolute Gasteiger partial charge is 0.337 e. The Hall–Kier alpha value is -3.78. The number of benzene rings is 2. The Kier molecular flexibility index (Phi) is 4.18. The highest BCUT2D eigenvalue weighted by atomic mass is 35.5. The normalized spacial score (nSPS) is 11.2. The van der Waals surface area contributed by atoms with Crippen molar-refractivity contribution in [3.63, 3.8) is 0 Å². The molecule has 29 heavy (non-hydrogen) atoms. The van der Waals surface area contributed by atoms with Crippen molar-refractivity contribution in [3.05, 3.63) is 88.3 Å². The van der Waals surface area contributed by atoms with Crippen LogP contribution in [0.1, 0.15) is 5.89 Å². The minimum atomic E-state index is -0.322. The smallest absolute Gasteiger partial charge is 0.293 e. The lowest BCUT2D eigenvalue weighted by atomic mass is 10.1. The fourth-order valence-electron chi connectivity index (χ4n) is 3.00. The van der Waals surface area contributed by atoms with Crippen molar-refractivity contribution in [3.8, 4) is 22.6 Å². The van der Waals surface area contributed by atoms with Crippen LogP contribution in [0.3, 0.4) is 0 Å². The van der Waals surface area contributed by atoms with Gasteiger partial charge in [-0.05, 0) is 12.1 Å². The highest BCUT2D eigenvalue weighted by Crippen LogP contribution is 2.26. The van der Waals surface area contributed by atoms with Crippen LogP contribution in [0, 0.1) is 0 Å². The Morgan fingerprint density at radius 3 is 2.66 bits per heavy atom. The summed E-state index contributed by atoms with van der Waals surface area (Å²) in [6, 6.07) is 18.5. The quantitative estimate of drug-likeness (QED) is 0.456. The van der Waals surface area contributed by atoms with Crippen LogP contribution in [-0.4, -0.2) is 29.5 Å². The van der Waals surface area contributed by atoms with Gasteiger partial charge in [0.05, 0.1) is 10.7 Å². The number of aromatic nitrogens is 6. The van der Waals surface area contributed by atoms with Gasteiger partial charge < -0.3 is 4.52 Å². The van der Waals surface area contributed by atoms with Crippen molar-refractivity contribution in [1.82, 2.24) is 29.5 Å². The van der Waals surface area contributed by atoms with Gasteiger partial charge in [0.25, 0.3) is 5.56 Å². The standard InChI is InChI=1S/C20H13ClN6O2/c21-15-9-5-4-8-14(15)16-10-17-20(28)26(22-12-27(17)24-16)11-18-23-19(25-29-18)13-6-2-1-3-7-13/h1-10,12H,11H2. The van der Waals surface area contributed by atoms with Gasteiger partial charge in [-0.3, -0.25) is 4.79 Å². The molecule has 5 rings (SSSR count). The van der Waals surface area contributed by atoms with Gasteiger partial charge in [0.1, 0.15) is 18.4 Å². The first-order valence-corrected chi connectivity index (χ1v) is 9.15. The lowest BCUT2D eigenvalue weighted by molar-refractivity contribution is 0.362. The van der Waals surface area contributed by atoms with E-state index in [9.17, 15) is 4.79 Å². The number of hydrogen-bond donors (Lipinski definition) is 0. The molecule has 2 aromatic carbocycles. The van der Waals surface area contributed by atoms with Crippen LogP contribution < -0.4 is 5.56 Å². The van der Waals surface area contributed by atoms with Crippen LogP contribution in [0.4, 0.5) is 0 Å². The van der Waals surface area contributed by atoms with Crippen LogP contribution >= 0.6 is 11.6 Å². The summed E-state index contributed by atoms with van der Waals surface area (Å²) in [7, 11) is 0. The van der Waals surface area contributed by atoms with Gasteiger partial charge in [-0.1, -0.05) is 65.3 Å². The zero-order valence-electron chi connectivity index (χ0n) is 14.9. The first-order chi connectivity index (χ1) is 14.2. The third-order valence-electron chi connectivity index (χ3n) is 4.42. The Morgan fingerprint density at radius 2 is 1.83 bits per heavy atom. The molecule has 0 saturated heterocycles. The molecule has 0 aliphatic carbocycles. The van der Waals surface area contributed by atoms with Crippen molar-refractivity contribution in [2.75, 3.05) is 0 Å². The topological polar surface area (TPSA) is 91.1 Å². The van der Waals surface area contributed by atoms with Crippen LogP contribution in [0.2, 0.25) is 5.02 Å². The summed E-state index contributed by atoms with van der Waals surface area (Å²) in [5.41, 5.74) is 2.22. The minimum absolute atomic E-state index is 0.0573. The Bertz CT molecular complexity index is 1370. The molecule has 0 aliphatic heterocycles. The highest BCUT2D eigenvalue weighted by Gasteiger charge is 2.14. The molecule has 0 N–H and O–H groups in total. The SMILES string of the molecule is O=c1c2cc(-c3ccccc3Cl)nn2cnn1Cc1nc(-c2ccccc2)no1. The average Bonchev–Trinajstić information content (AvgIpc) is 3.39. The molecule has 0 spiro atoms. The Labute approximate surface area is 169 Å². The second-order valence-corrected chi connectivity index (χ2v) is 6.72. The Morgan fingerprint density at radius 1 is 1.03 bits per heavy atom. The minimum Gasteiger partial charge on any atom is -0.337 e. The highest BCUT2D eigenvalue weighted by molar-refractivity contribution is 6.33. The first kappa shape index (κ1) is 17.3. The molecule has 9 heteroatoms. The predicted molar refractivity (Wildman–Crippen MR) is 107 cm³/mol. The molecule has 5 aromatic rings. The maximum atomic E-state index is 12.9. The zero-order valence-corrected chi connectivity index (χ0v) is 15.7. The zero-order chi connectivity index (χ0) is 19.8. The molecule has 3 heterocycles. The maximum absolute atomic E-state index is 12.9. The molecule has 0 fully saturated rings. The fraction of sp³-hybridized carbons (Fsp3) is 0.0500. The van der Waals surface area contributed by atoms with Gasteiger partial charge in [-0.25, -0.2) is 9.20 Å². The van der Waals surface area contributed by atoms with Crippen LogP contribution in [0.5, 0.6) is 0 Å². The van der Waals surface area contributed by atoms with E-state index in [1.807, 2.05) is 48.5 Å². The van der Waals surface area contributed by atoms with E-state index in [4.69, 9.17) is 16.1 Å². The first-order valence-electron chi connectivity index (χ1n) is 8.77. The molecule has 0 radical (unpaired) electrons. The van der Waals surface area contributed by atoms with Gasteiger partial charge in [0, 0.05) is 11.1 Å². The molecule has 0 saturated carbocycles. The monoisotopic (exact) mass is 404 g/mol. The van der Waals surface area contributed by atoms with Crippen molar-refractivity contribution >= 4 is 17.1 Å². The molecule has 8 nitrogen and oxygen atoms in total. The van der Waals surface area contributed by atoms with E-state index in [1.54, 1.807) is 12.1 Å². The number of halogens is 1. The summed E-state index contributed by atoms with van der Waals surface area (Å²) in [5.74, 6) is 0.744. The molecule has 0 amide bonds. The van der Waals surface area contributed by atoms with Crippen LogP contribution in [0.25, 0.3) is 28.2 Å². The van der Waals surface area contributed by atoms with Crippen LogP contribution in [-0.2, 0) is 6.54 Å². The molecule has 3 aromatic heterocycles. The third kappa shape index (κ3) is 3.19. The summed E-state index contributed by atoms with van der Waals surface area (Å²) in [6.45, 7) is 0.0573. The van der Waals surface area contributed by atoms with Crippen LogP contribution in [0.15, 0.2) is 76.3 Å². The molecule has 0 bridgehead atoms. The van der Waals surface area contributed by atoms with Crippen molar-refractivity contribution < 1.29 is 4.52 Å².